The van der Waals surface area contributed by atoms with E-state index in [4.69, 9.17) is 0 Å². The van der Waals surface area contributed by atoms with E-state index in [0.29, 0.717) is 5.92 Å². The molecule has 114 valence electrons. The van der Waals surface area contributed by atoms with Crippen molar-refractivity contribution < 1.29 is 0 Å². The van der Waals surface area contributed by atoms with Crippen molar-refractivity contribution in [3.63, 3.8) is 0 Å². The molecule has 1 aromatic carbocycles. The van der Waals surface area contributed by atoms with Crippen LogP contribution < -0.4 is 0 Å². The Bertz CT molecular complexity index is 648. The van der Waals surface area contributed by atoms with Gasteiger partial charge in [-0.2, -0.15) is 0 Å². The first-order chi connectivity index (χ1) is 10.7. The maximum absolute atomic E-state index is 4.43. The van der Waals surface area contributed by atoms with E-state index in [1.807, 2.05) is 0 Å². The molecule has 22 heavy (non-hydrogen) atoms. The normalized spacial score (nSPS) is 18.6. The van der Waals surface area contributed by atoms with Gasteiger partial charge in [-0.25, -0.2) is 0 Å². The lowest BCUT2D eigenvalue weighted by atomic mass is 9.80. The van der Waals surface area contributed by atoms with Crippen molar-refractivity contribution in [2.24, 2.45) is 5.92 Å². The van der Waals surface area contributed by atoms with Gasteiger partial charge >= 0.3 is 0 Å². The Labute approximate surface area is 135 Å². The highest BCUT2D eigenvalue weighted by Crippen LogP contribution is 2.37. The van der Waals surface area contributed by atoms with Crippen molar-refractivity contribution in [2.45, 2.75) is 33.6 Å². The molecular formula is C22H26. The van der Waals surface area contributed by atoms with Crippen LogP contribution in [0.2, 0.25) is 0 Å². The van der Waals surface area contributed by atoms with Crippen molar-refractivity contribution in [3.05, 3.63) is 83.5 Å². The molecule has 0 amide bonds. The van der Waals surface area contributed by atoms with Crippen molar-refractivity contribution in [1.29, 1.82) is 0 Å². The van der Waals surface area contributed by atoms with E-state index in [1.54, 1.807) is 0 Å². The summed E-state index contributed by atoms with van der Waals surface area (Å²) in [5.74, 6) is 0.533. The van der Waals surface area contributed by atoms with Gasteiger partial charge in [0.15, 0.2) is 0 Å². The number of benzene rings is 1. The number of hydrogen-bond acceptors (Lipinski definition) is 0. The Kier molecular flexibility index (Phi) is 5.77. The van der Waals surface area contributed by atoms with Gasteiger partial charge in [-0.15, -0.1) is 0 Å². The molecule has 1 unspecified atom stereocenters. The molecule has 0 heteroatoms. The molecule has 1 aliphatic carbocycles. The lowest BCUT2D eigenvalue weighted by Gasteiger charge is -2.25. The molecule has 2 rings (SSSR count). The molecule has 0 saturated heterocycles. The molecule has 0 heterocycles. The predicted octanol–water partition coefficient (Wildman–Crippen LogP) is 6.59. The molecule has 0 aromatic heterocycles. The largest absolute Gasteiger partial charge is 0.0916 e. The lowest BCUT2D eigenvalue weighted by molar-refractivity contribution is 0.640. The van der Waals surface area contributed by atoms with Crippen molar-refractivity contribution in [1.82, 2.24) is 0 Å². The topological polar surface area (TPSA) is 0 Å². The maximum atomic E-state index is 4.43. The summed E-state index contributed by atoms with van der Waals surface area (Å²) in [5, 5.41) is 0. The van der Waals surface area contributed by atoms with Crippen molar-refractivity contribution >= 4 is 11.6 Å². The van der Waals surface area contributed by atoms with E-state index in [0.717, 1.165) is 18.4 Å². The monoisotopic (exact) mass is 290 g/mol. The van der Waals surface area contributed by atoms with E-state index in [9.17, 15) is 0 Å². The smallest absolute Gasteiger partial charge is 0.00866 e. The van der Waals surface area contributed by atoms with Gasteiger partial charge in [0.1, 0.15) is 0 Å². The summed E-state index contributed by atoms with van der Waals surface area (Å²) in [4.78, 5) is 0. The first-order valence-electron chi connectivity index (χ1n) is 8.08. The molecule has 0 aliphatic heterocycles. The molecule has 0 spiro atoms. The van der Waals surface area contributed by atoms with E-state index in [2.05, 4.69) is 88.1 Å². The van der Waals surface area contributed by atoms with Gasteiger partial charge in [-0.3, -0.25) is 0 Å². The molecule has 1 aliphatic rings. The summed E-state index contributed by atoms with van der Waals surface area (Å²) in [6.07, 6.45) is 15.5. The van der Waals surface area contributed by atoms with Crippen LogP contribution in [0.3, 0.4) is 0 Å². The molecule has 1 aromatic rings. The molecule has 0 N–H and O–H groups in total. The quantitative estimate of drug-likeness (QED) is 0.536. The van der Waals surface area contributed by atoms with Gasteiger partial charge in [0.25, 0.3) is 0 Å². The minimum absolute atomic E-state index is 0.533. The fourth-order valence-electron chi connectivity index (χ4n) is 2.99. The summed E-state index contributed by atoms with van der Waals surface area (Å²) >= 11 is 0. The number of rotatable bonds is 5. The van der Waals surface area contributed by atoms with Crippen LogP contribution in [0.25, 0.3) is 11.6 Å². The Morgan fingerprint density at radius 2 is 2.00 bits per heavy atom. The third-order valence-corrected chi connectivity index (χ3v) is 4.18. The standard InChI is InChI=1S/C22H26/c1-5-7-11-20-15-14-17(3)16-22(20)18(4)21-13-9-8-12-19(21)10-6-2/h5-10,12-14,16,20H,4,11,15H2,1-3H3/b7-5?,10-6-. The van der Waals surface area contributed by atoms with Crippen LogP contribution in [0.5, 0.6) is 0 Å². The summed E-state index contributed by atoms with van der Waals surface area (Å²) in [6, 6.07) is 8.52. The fourth-order valence-corrected chi connectivity index (χ4v) is 2.99. The van der Waals surface area contributed by atoms with Crippen LogP contribution in [0, 0.1) is 5.92 Å². The summed E-state index contributed by atoms with van der Waals surface area (Å²) < 4.78 is 0. The predicted molar refractivity (Wildman–Crippen MR) is 99.6 cm³/mol. The average Bonchev–Trinajstić information content (AvgIpc) is 2.54. The lowest BCUT2D eigenvalue weighted by Crippen LogP contribution is -2.09. The highest BCUT2D eigenvalue weighted by Gasteiger charge is 2.20. The first kappa shape index (κ1) is 16.3. The van der Waals surface area contributed by atoms with E-state index < -0.39 is 0 Å². The highest BCUT2D eigenvalue weighted by atomic mass is 14.2. The SMILES string of the molecule is C=C(C1=CC(C)=CCC1CC=CC)c1ccccc1/C=C\C. The van der Waals surface area contributed by atoms with Gasteiger partial charge in [-0.1, -0.05) is 72.9 Å². The Balaban J connectivity index is 2.39. The van der Waals surface area contributed by atoms with Crippen LogP contribution >= 0.6 is 0 Å². The van der Waals surface area contributed by atoms with Gasteiger partial charge in [0, 0.05) is 0 Å². The summed E-state index contributed by atoms with van der Waals surface area (Å²) in [6.45, 7) is 10.8. The second-order valence-corrected chi connectivity index (χ2v) is 5.85. The Morgan fingerprint density at radius 1 is 1.23 bits per heavy atom. The zero-order chi connectivity index (χ0) is 15.9. The molecule has 0 bridgehead atoms. The zero-order valence-corrected chi connectivity index (χ0v) is 14.0. The minimum atomic E-state index is 0.533. The van der Waals surface area contributed by atoms with Gasteiger partial charge < -0.3 is 0 Å². The first-order valence-corrected chi connectivity index (χ1v) is 8.08. The molecule has 0 radical (unpaired) electrons. The Morgan fingerprint density at radius 3 is 2.73 bits per heavy atom. The highest BCUT2D eigenvalue weighted by molar-refractivity contribution is 5.83. The van der Waals surface area contributed by atoms with Crippen molar-refractivity contribution in [2.75, 3.05) is 0 Å². The summed E-state index contributed by atoms with van der Waals surface area (Å²) in [7, 11) is 0. The van der Waals surface area contributed by atoms with Crippen molar-refractivity contribution in [3.8, 4) is 0 Å². The molecule has 1 atom stereocenters. The van der Waals surface area contributed by atoms with Crippen LogP contribution in [-0.4, -0.2) is 0 Å². The number of allylic oxidation sites excluding steroid dienone is 8. The van der Waals surface area contributed by atoms with E-state index in [-0.39, 0.29) is 0 Å². The maximum Gasteiger partial charge on any atom is -0.00866 e. The summed E-state index contributed by atoms with van der Waals surface area (Å²) in [5.41, 5.74) is 6.38. The Hall–Kier alpha value is -2.08. The molecule has 0 saturated carbocycles. The van der Waals surface area contributed by atoms with E-state index >= 15 is 0 Å². The second-order valence-electron chi connectivity index (χ2n) is 5.85. The number of hydrogen-bond donors (Lipinski definition) is 0. The second kappa shape index (κ2) is 7.79. The van der Waals surface area contributed by atoms with Crippen LogP contribution in [0.4, 0.5) is 0 Å². The fraction of sp³-hybridized carbons (Fsp3) is 0.273. The van der Waals surface area contributed by atoms with Gasteiger partial charge in [0.05, 0.1) is 0 Å². The average molecular weight is 290 g/mol. The van der Waals surface area contributed by atoms with E-state index in [1.165, 1.54) is 22.3 Å². The third-order valence-electron chi connectivity index (χ3n) is 4.18. The third kappa shape index (κ3) is 3.76. The van der Waals surface area contributed by atoms with Gasteiger partial charge in [-0.05, 0) is 61.8 Å². The molecule has 0 nitrogen and oxygen atoms in total. The molecular weight excluding hydrogens is 264 g/mol. The molecule has 0 fully saturated rings. The zero-order valence-electron chi connectivity index (χ0n) is 14.0. The van der Waals surface area contributed by atoms with Crippen LogP contribution in [0.15, 0.2) is 72.4 Å². The van der Waals surface area contributed by atoms with Crippen LogP contribution in [-0.2, 0) is 0 Å². The minimum Gasteiger partial charge on any atom is -0.0916 e. The van der Waals surface area contributed by atoms with Crippen LogP contribution in [0.1, 0.15) is 44.7 Å². The van der Waals surface area contributed by atoms with Gasteiger partial charge in [0.2, 0.25) is 0 Å².